The van der Waals surface area contributed by atoms with Crippen LogP contribution in [-0.4, -0.2) is 29.7 Å². The molecular weight excluding hydrogens is 384 g/mol. The molecule has 4 aromatic rings. The zero-order valence-corrected chi connectivity index (χ0v) is 17.3. The second-order valence-corrected chi connectivity index (χ2v) is 8.58. The number of hydrogen-bond acceptors (Lipinski definition) is 6. The fourth-order valence-electron chi connectivity index (χ4n) is 3.13. The van der Waals surface area contributed by atoms with Crippen LogP contribution in [0.15, 0.2) is 58.7 Å². The van der Waals surface area contributed by atoms with Crippen molar-refractivity contribution in [1.29, 1.82) is 0 Å². The van der Waals surface area contributed by atoms with E-state index in [0.717, 1.165) is 23.1 Å². The molecule has 3 aromatic heterocycles. The van der Waals surface area contributed by atoms with Gasteiger partial charge in [-0.3, -0.25) is 9.78 Å². The standard InChI is InChI=1S/C21H22N6OS/c1-13(2)12-27-19(15-8-10-22-11-9-15)25-26-21(27)29-14(3)18-23-17-7-5-4-6-16(17)20(28)24-18/h4-11,13-14H,12H2,1-3H3,(H,23,24,28)/t14-/m1/s1. The maximum atomic E-state index is 12.4. The highest BCUT2D eigenvalue weighted by Crippen LogP contribution is 2.34. The zero-order chi connectivity index (χ0) is 20.4. The van der Waals surface area contributed by atoms with Gasteiger partial charge in [-0.1, -0.05) is 37.7 Å². The van der Waals surface area contributed by atoms with E-state index in [1.54, 1.807) is 18.5 Å². The summed E-state index contributed by atoms with van der Waals surface area (Å²) < 4.78 is 2.13. The number of rotatable bonds is 6. The number of nitrogens with zero attached hydrogens (tertiary/aromatic N) is 5. The van der Waals surface area contributed by atoms with Crippen molar-refractivity contribution in [2.75, 3.05) is 0 Å². The van der Waals surface area contributed by atoms with Gasteiger partial charge in [-0.2, -0.15) is 0 Å². The second-order valence-electron chi connectivity index (χ2n) is 7.27. The Bertz CT molecular complexity index is 1180. The van der Waals surface area contributed by atoms with Crippen LogP contribution in [-0.2, 0) is 6.54 Å². The van der Waals surface area contributed by atoms with E-state index in [-0.39, 0.29) is 10.8 Å². The molecule has 1 aromatic carbocycles. The van der Waals surface area contributed by atoms with Gasteiger partial charge in [0.2, 0.25) is 0 Å². The summed E-state index contributed by atoms with van der Waals surface area (Å²) in [7, 11) is 0. The largest absolute Gasteiger partial charge is 0.309 e. The van der Waals surface area contributed by atoms with Gasteiger partial charge in [0.05, 0.1) is 16.2 Å². The number of aromatic amines is 1. The van der Waals surface area contributed by atoms with E-state index in [1.807, 2.05) is 37.3 Å². The van der Waals surface area contributed by atoms with Gasteiger partial charge in [-0.25, -0.2) is 4.98 Å². The quantitative estimate of drug-likeness (QED) is 0.485. The first kappa shape index (κ1) is 19.3. The molecular formula is C21H22N6OS. The smallest absolute Gasteiger partial charge is 0.258 e. The first-order valence-electron chi connectivity index (χ1n) is 9.52. The molecule has 0 spiro atoms. The molecule has 3 heterocycles. The summed E-state index contributed by atoms with van der Waals surface area (Å²) >= 11 is 1.54. The fraction of sp³-hybridized carbons (Fsp3) is 0.286. The maximum Gasteiger partial charge on any atom is 0.258 e. The second kappa shape index (κ2) is 8.16. The number of hydrogen-bond donors (Lipinski definition) is 1. The molecule has 1 N–H and O–H groups in total. The lowest BCUT2D eigenvalue weighted by Gasteiger charge is -2.15. The van der Waals surface area contributed by atoms with Gasteiger partial charge in [0.25, 0.3) is 5.56 Å². The van der Waals surface area contributed by atoms with Crippen molar-refractivity contribution in [2.24, 2.45) is 5.92 Å². The van der Waals surface area contributed by atoms with Crippen LogP contribution in [0.5, 0.6) is 0 Å². The highest BCUT2D eigenvalue weighted by atomic mass is 32.2. The minimum absolute atomic E-state index is 0.0901. The summed E-state index contributed by atoms with van der Waals surface area (Å²) in [5.41, 5.74) is 1.55. The van der Waals surface area contributed by atoms with Crippen molar-refractivity contribution < 1.29 is 0 Å². The van der Waals surface area contributed by atoms with Crippen LogP contribution < -0.4 is 5.56 Å². The van der Waals surface area contributed by atoms with Gasteiger partial charge in [0.15, 0.2) is 11.0 Å². The molecule has 148 valence electrons. The van der Waals surface area contributed by atoms with Crippen molar-refractivity contribution in [3.8, 4) is 11.4 Å². The van der Waals surface area contributed by atoms with Gasteiger partial charge in [-0.05, 0) is 37.1 Å². The monoisotopic (exact) mass is 406 g/mol. The number of para-hydroxylation sites is 1. The first-order chi connectivity index (χ1) is 14.0. The van der Waals surface area contributed by atoms with Gasteiger partial charge in [0.1, 0.15) is 5.82 Å². The molecule has 0 radical (unpaired) electrons. The lowest BCUT2D eigenvalue weighted by Crippen LogP contribution is -2.13. The third-order valence-corrected chi connectivity index (χ3v) is 5.59. The number of thioether (sulfide) groups is 1. The zero-order valence-electron chi connectivity index (χ0n) is 16.5. The van der Waals surface area contributed by atoms with Crippen molar-refractivity contribution in [3.63, 3.8) is 0 Å². The minimum Gasteiger partial charge on any atom is -0.309 e. The summed E-state index contributed by atoms with van der Waals surface area (Å²) in [6.07, 6.45) is 3.51. The van der Waals surface area contributed by atoms with Crippen LogP contribution in [0.4, 0.5) is 0 Å². The summed E-state index contributed by atoms with van der Waals surface area (Å²) in [4.78, 5) is 24.1. The normalized spacial score (nSPS) is 12.6. The Balaban J connectivity index is 1.69. The Hall–Kier alpha value is -3.00. The Morgan fingerprint density at radius 1 is 1.07 bits per heavy atom. The van der Waals surface area contributed by atoms with Crippen LogP contribution >= 0.6 is 11.8 Å². The van der Waals surface area contributed by atoms with Crippen LogP contribution in [0, 0.1) is 5.92 Å². The van der Waals surface area contributed by atoms with E-state index in [1.165, 1.54) is 11.8 Å². The van der Waals surface area contributed by atoms with E-state index in [2.05, 4.69) is 43.6 Å². The van der Waals surface area contributed by atoms with Crippen molar-refractivity contribution in [2.45, 2.75) is 37.7 Å². The van der Waals surface area contributed by atoms with E-state index in [0.29, 0.717) is 22.6 Å². The third kappa shape index (κ3) is 4.07. The molecule has 0 aliphatic rings. The first-order valence-corrected chi connectivity index (χ1v) is 10.4. The summed E-state index contributed by atoms with van der Waals surface area (Å²) in [5.74, 6) is 1.87. The Labute approximate surface area is 172 Å². The minimum atomic E-state index is -0.126. The molecule has 0 aliphatic heterocycles. The summed E-state index contributed by atoms with van der Waals surface area (Å²) in [5, 5.41) is 10.2. The number of benzene rings is 1. The van der Waals surface area contributed by atoms with Crippen molar-refractivity contribution in [3.05, 3.63) is 65.0 Å². The molecule has 0 amide bonds. The third-order valence-electron chi connectivity index (χ3n) is 4.50. The topological polar surface area (TPSA) is 89.4 Å². The number of H-pyrrole nitrogens is 1. The lowest BCUT2D eigenvalue weighted by atomic mass is 10.2. The molecule has 0 aliphatic carbocycles. The van der Waals surface area contributed by atoms with Crippen LogP contribution in [0.1, 0.15) is 31.8 Å². The average Bonchev–Trinajstić information content (AvgIpc) is 3.10. The average molecular weight is 407 g/mol. The molecule has 29 heavy (non-hydrogen) atoms. The maximum absolute atomic E-state index is 12.4. The number of pyridine rings is 1. The molecule has 4 rings (SSSR count). The van der Waals surface area contributed by atoms with Crippen LogP contribution in [0.2, 0.25) is 0 Å². The number of aromatic nitrogens is 6. The van der Waals surface area contributed by atoms with Crippen molar-refractivity contribution in [1.82, 2.24) is 29.7 Å². The number of nitrogens with one attached hydrogen (secondary N) is 1. The molecule has 0 saturated heterocycles. The van der Waals surface area contributed by atoms with Gasteiger partial charge >= 0.3 is 0 Å². The SMILES string of the molecule is CC(C)Cn1c(S[C@H](C)c2nc3ccccc3c(=O)[nH]2)nnc1-c1ccncc1. The number of fused-ring (bicyclic) bond motifs is 1. The van der Waals surface area contributed by atoms with E-state index < -0.39 is 0 Å². The molecule has 8 heteroatoms. The Morgan fingerprint density at radius 2 is 1.83 bits per heavy atom. The highest BCUT2D eigenvalue weighted by Gasteiger charge is 2.20. The van der Waals surface area contributed by atoms with Crippen molar-refractivity contribution >= 4 is 22.7 Å². The Kier molecular flexibility index (Phi) is 5.44. The van der Waals surface area contributed by atoms with E-state index in [9.17, 15) is 4.79 Å². The van der Waals surface area contributed by atoms with Crippen LogP contribution in [0.3, 0.4) is 0 Å². The summed E-state index contributed by atoms with van der Waals surface area (Å²) in [6.45, 7) is 7.13. The molecule has 1 atom stereocenters. The van der Waals surface area contributed by atoms with Gasteiger partial charge in [0, 0.05) is 24.5 Å². The molecule has 7 nitrogen and oxygen atoms in total. The van der Waals surface area contributed by atoms with E-state index in [4.69, 9.17) is 0 Å². The summed E-state index contributed by atoms with van der Waals surface area (Å²) in [6, 6.07) is 11.2. The molecule has 0 fully saturated rings. The molecule has 0 bridgehead atoms. The van der Waals surface area contributed by atoms with Crippen LogP contribution in [0.25, 0.3) is 22.3 Å². The fourth-order valence-corrected chi connectivity index (χ4v) is 4.05. The predicted octanol–water partition coefficient (Wildman–Crippen LogP) is 4.09. The van der Waals surface area contributed by atoms with Gasteiger partial charge in [-0.15, -0.1) is 10.2 Å². The predicted molar refractivity (Wildman–Crippen MR) is 115 cm³/mol. The lowest BCUT2D eigenvalue weighted by molar-refractivity contribution is 0.497. The van der Waals surface area contributed by atoms with Gasteiger partial charge < -0.3 is 9.55 Å². The Morgan fingerprint density at radius 3 is 2.59 bits per heavy atom. The highest BCUT2D eigenvalue weighted by molar-refractivity contribution is 7.99. The molecule has 0 unspecified atom stereocenters. The molecule has 0 saturated carbocycles. The van der Waals surface area contributed by atoms with E-state index >= 15 is 0 Å².